The van der Waals surface area contributed by atoms with Gasteiger partial charge in [0.05, 0.1) is 21.6 Å². The third-order valence-corrected chi connectivity index (χ3v) is 3.07. The molecule has 0 spiro atoms. The third-order valence-electron chi connectivity index (χ3n) is 2.78. The Bertz CT molecular complexity index is 745. The van der Waals surface area contributed by atoms with Crippen LogP contribution < -0.4 is 4.74 Å². The van der Waals surface area contributed by atoms with Gasteiger partial charge in [-0.3, -0.25) is 10.1 Å². The highest BCUT2D eigenvalue weighted by Crippen LogP contribution is 2.37. The van der Waals surface area contributed by atoms with Crippen LogP contribution in [0.1, 0.15) is 24.2 Å². The van der Waals surface area contributed by atoms with Crippen LogP contribution in [0.3, 0.4) is 0 Å². The molecular weight excluding hydrogens is 322 g/mol. The van der Waals surface area contributed by atoms with Gasteiger partial charge in [-0.15, -0.1) is 0 Å². The zero-order chi connectivity index (χ0) is 17.0. The maximum atomic E-state index is 11.9. The molecule has 6 nitrogen and oxygen atoms in total. The molecule has 0 fully saturated rings. The minimum absolute atomic E-state index is 0.0754. The first-order valence-corrected chi connectivity index (χ1v) is 7.18. The van der Waals surface area contributed by atoms with E-state index in [1.807, 2.05) is 0 Å². The molecule has 0 saturated carbocycles. The molecule has 0 saturated heterocycles. The van der Waals surface area contributed by atoms with Crippen molar-refractivity contribution < 1.29 is 19.2 Å². The molecule has 120 valence electrons. The molecule has 0 aliphatic rings. The summed E-state index contributed by atoms with van der Waals surface area (Å²) in [6, 6.07) is 10.4. The molecule has 0 atom stereocenters. The van der Waals surface area contributed by atoms with Gasteiger partial charge in [-0.2, -0.15) is 0 Å². The van der Waals surface area contributed by atoms with E-state index >= 15 is 0 Å². The summed E-state index contributed by atoms with van der Waals surface area (Å²) in [5.41, 5.74) is 0.0265. The number of para-hydroxylation sites is 1. The van der Waals surface area contributed by atoms with Gasteiger partial charge in [-0.25, -0.2) is 4.79 Å². The van der Waals surface area contributed by atoms with Gasteiger partial charge in [-0.1, -0.05) is 23.7 Å². The van der Waals surface area contributed by atoms with Gasteiger partial charge < -0.3 is 9.47 Å². The molecule has 23 heavy (non-hydrogen) atoms. The summed E-state index contributed by atoms with van der Waals surface area (Å²) in [6.45, 7) is 3.48. The lowest BCUT2D eigenvalue weighted by Gasteiger charge is -2.10. The quantitative estimate of drug-likeness (QED) is 0.453. The molecular formula is C16H14ClNO5. The zero-order valence-electron chi connectivity index (χ0n) is 12.5. The highest BCUT2D eigenvalue weighted by atomic mass is 35.5. The van der Waals surface area contributed by atoms with Gasteiger partial charge >= 0.3 is 11.7 Å². The number of hydrogen-bond donors (Lipinski definition) is 0. The van der Waals surface area contributed by atoms with Gasteiger partial charge in [0, 0.05) is 6.07 Å². The monoisotopic (exact) mass is 335 g/mol. The van der Waals surface area contributed by atoms with E-state index in [4.69, 9.17) is 21.1 Å². The molecule has 0 aromatic heterocycles. The first-order chi connectivity index (χ1) is 10.9. The summed E-state index contributed by atoms with van der Waals surface area (Å²) in [4.78, 5) is 22.4. The van der Waals surface area contributed by atoms with Gasteiger partial charge in [0.15, 0.2) is 0 Å². The average molecular weight is 336 g/mol. The summed E-state index contributed by atoms with van der Waals surface area (Å²) in [5.74, 6) is -0.327. The lowest BCUT2D eigenvalue weighted by molar-refractivity contribution is -0.385. The minimum Gasteiger partial charge on any atom is -0.459 e. The lowest BCUT2D eigenvalue weighted by Crippen LogP contribution is -2.11. The number of benzene rings is 2. The number of nitro benzene ring substituents is 1. The van der Waals surface area contributed by atoms with Crippen LogP contribution in [0, 0.1) is 10.1 Å². The number of hydrogen-bond acceptors (Lipinski definition) is 5. The molecule has 0 bridgehead atoms. The summed E-state index contributed by atoms with van der Waals surface area (Å²) >= 11 is 5.97. The van der Waals surface area contributed by atoms with E-state index < -0.39 is 10.9 Å². The van der Waals surface area contributed by atoms with Crippen LogP contribution in [0.2, 0.25) is 5.02 Å². The summed E-state index contributed by atoms with van der Waals surface area (Å²) < 4.78 is 10.6. The summed E-state index contributed by atoms with van der Waals surface area (Å²) in [6.07, 6.45) is -0.253. The number of nitrogens with zero attached hydrogens (tertiary/aromatic N) is 1. The van der Waals surface area contributed by atoms with Crippen molar-refractivity contribution >= 4 is 23.3 Å². The first kappa shape index (κ1) is 16.8. The SMILES string of the molecule is CC(C)OC(=O)c1cccc(Oc2c(Cl)cccc2[N+](=O)[O-])c1. The lowest BCUT2D eigenvalue weighted by atomic mass is 10.2. The first-order valence-electron chi connectivity index (χ1n) is 6.80. The van der Waals surface area contributed by atoms with Crippen molar-refractivity contribution in [2.45, 2.75) is 20.0 Å². The largest absolute Gasteiger partial charge is 0.459 e. The maximum absolute atomic E-state index is 11.9. The predicted molar refractivity (Wildman–Crippen MR) is 85.2 cm³/mol. The third kappa shape index (κ3) is 4.20. The molecule has 2 rings (SSSR count). The maximum Gasteiger partial charge on any atom is 0.338 e. The fourth-order valence-corrected chi connectivity index (χ4v) is 2.04. The molecule has 0 aliphatic heterocycles. The number of esters is 1. The van der Waals surface area contributed by atoms with E-state index in [0.717, 1.165) is 0 Å². The van der Waals surface area contributed by atoms with Crippen molar-refractivity contribution in [1.29, 1.82) is 0 Å². The molecule has 0 unspecified atom stereocenters. The van der Waals surface area contributed by atoms with E-state index in [1.54, 1.807) is 32.0 Å². The van der Waals surface area contributed by atoms with Crippen molar-refractivity contribution in [2.24, 2.45) is 0 Å². The number of rotatable bonds is 5. The van der Waals surface area contributed by atoms with Crippen molar-refractivity contribution in [3.63, 3.8) is 0 Å². The van der Waals surface area contributed by atoms with Gasteiger partial charge in [-0.05, 0) is 38.1 Å². The standard InChI is InChI=1S/C16H14ClNO5/c1-10(2)22-16(19)11-5-3-6-12(9-11)23-15-13(17)7-4-8-14(15)18(20)21/h3-10H,1-2H3. The molecule has 0 radical (unpaired) electrons. The highest BCUT2D eigenvalue weighted by Gasteiger charge is 2.19. The Balaban J connectivity index is 2.32. The van der Waals surface area contributed by atoms with Crippen LogP contribution in [0.5, 0.6) is 11.5 Å². The van der Waals surface area contributed by atoms with Crippen molar-refractivity contribution in [2.75, 3.05) is 0 Å². The van der Waals surface area contributed by atoms with E-state index in [0.29, 0.717) is 0 Å². The molecule has 0 amide bonds. The van der Waals surface area contributed by atoms with E-state index in [-0.39, 0.29) is 33.9 Å². The summed E-state index contributed by atoms with van der Waals surface area (Å²) in [5, 5.41) is 11.2. The average Bonchev–Trinajstić information content (AvgIpc) is 2.48. The molecule has 0 aliphatic carbocycles. The van der Waals surface area contributed by atoms with E-state index in [9.17, 15) is 14.9 Å². The Kier molecular flexibility index (Phi) is 5.18. The second kappa shape index (κ2) is 7.11. The fraction of sp³-hybridized carbons (Fsp3) is 0.188. The van der Waals surface area contributed by atoms with Crippen molar-refractivity contribution in [3.05, 3.63) is 63.2 Å². The number of halogens is 1. The topological polar surface area (TPSA) is 78.7 Å². The van der Waals surface area contributed by atoms with Crippen LogP contribution in [0.15, 0.2) is 42.5 Å². The summed E-state index contributed by atoms with van der Waals surface area (Å²) in [7, 11) is 0. The van der Waals surface area contributed by atoms with Gasteiger partial charge in [0.2, 0.25) is 5.75 Å². The number of ether oxygens (including phenoxy) is 2. The number of carbonyl (C=O) groups is 1. The molecule has 2 aromatic rings. The Labute approximate surface area is 137 Å². The predicted octanol–water partition coefficient (Wildman–Crippen LogP) is 4.61. The highest BCUT2D eigenvalue weighted by molar-refractivity contribution is 6.32. The van der Waals surface area contributed by atoms with Crippen LogP contribution in [0.4, 0.5) is 5.69 Å². The Morgan fingerprint density at radius 2 is 1.91 bits per heavy atom. The number of carbonyl (C=O) groups excluding carboxylic acids is 1. The Hall–Kier alpha value is -2.60. The second-order valence-corrected chi connectivity index (χ2v) is 5.34. The van der Waals surface area contributed by atoms with Crippen molar-refractivity contribution in [3.8, 4) is 11.5 Å². The zero-order valence-corrected chi connectivity index (χ0v) is 13.2. The normalized spacial score (nSPS) is 10.4. The van der Waals surface area contributed by atoms with E-state index in [1.165, 1.54) is 24.3 Å². The second-order valence-electron chi connectivity index (χ2n) is 4.93. The smallest absolute Gasteiger partial charge is 0.338 e. The van der Waals surface area contributed by atoms with Crippen LogP contribution >= 0.6 is 11.6 Å². The Morgan fingerprint density at radius 3 is 2.57 bits per heavy atom. The van der Waals surface area contributed by atoms with E-state index in [2.05, 4.69) is 0 Å². The van der Waals surface area contributed by atoms with Crippen LogP contribution in [0.25, 0.3) is 0 Å². The molecule has 0 heterocycles. The van der Waals surface area contributed by atoms with Gasteiger partial charge in [0.25, 0.3) is 0 Å². The van der Waals surface area contributed by atoms with Gasteiger partial charge in [0.1, 0.15) is 5.75 Å². The molecule has 2 aromatic carbocycles. The molecule has 7 heteroatoms. The number of nitro groups is 1. The van der Waals surface area contributed by atoms with Crippen LogP contribution in [-0.4, -0.2) is 17.0 Å². The fourth-order valence-electron chi connectivity index (χ4n) is 1.83. The Morgan fingerprint density at radius 1 is 1.22 bits per heavy atom. The van der Waals surface area contributed by atoms with Crippen LogP contribution in [-0.2, 0) is 4.74 Å². The van der Waals surface area contributed by atoms with Crippen molar-refractivity contribution in [1.82, 2.24) is 0 Å². The molecule has 0 N–H and O–H groups in total. The minimum atomic E-state index is -0.585.